The summed E-state index contributed by atoms with van der Waals surface area (Å²) in [6, 6.07) is 0.393. The van der Waals surface area contributed by atoms with Crippen molar-refractivity contribution < 1.29 is 5.11 Å². The Kier molecular flexibility index (Phi) is 3.82. The van der Waals surface area contributed by atoms with Gasteiger partial charge in [-0.25, -0.2) is 0 Å². The van der Waals surface area contributed by atoms with Crippen molar-refractivity contribution in [2.75, 3.05) is 6.54 Å². The van der Waals surface area contributed by atoms with Gasteiger partial charge in [0.25, 0.3) is 0 Å². The van der Waals surface area contributed by atoms with Crippen LogP contribution in [0.15, 0.2) is 0 Å². The predicted octanol–water partition coefficient (Wildman–Crippen LogP) is 2.07. The van der Waals surface area contributed by atoms with Gasteiger partial charge in [-0.3, -0.25) is 0 Å². The minimum Gasteiger partial charge on any atom is -0.392 e. The summed E-state index contributed by atoms with van der Waals surface area (Å²) in [6.45, 7) is 1.14. The van der Waals surface area contributed by atoms with Crippen LogP contribution in [0, 0.1) is 5.92 Å². The van der Waals surface area contributed by atoms with Gasteiger partial charge in [-0.1, -0.05) is 25.7 Å². The maximum Gasteiger partial charge on any atom is 0.0693 e. The van der Waals surface area contributed by atoms with E-state index in [4.69, 9.17) is 0 Å². The van der Waals surface area contributed by atoms with E-state index in [1.807, 2.05) is 0 Å². The highest BCUT2D eigenvalue weighted by Gasteiger charge is 2.24. The molecule has 2 saturated carbocycles. The summed E-state index contributed by atoms with van der Waals surface area (Å²) in [4.78, 5) is 0. The molecular weight excluding hydrogens is 174 g/mol. The minimum absolute atomic E-state index is 0.0786. The molecule has 2 nitrogen and oxygen atoms in total. The summed E-state index contributed by atoms with van der Waals surface area (Å²) < 4.78 is 0. The Balaban J connectivity index is 1.67. The van der Waals surface area contributed by atoms with Gasteiger partial charge in [0.2, 0.25) is 0 Å². The SMILES string of the molecule is O[C@H]1CCCC[C@@H]1NCC1CCCC1. The lowest BCUT2D eigenvalue weighted by molar-refractivity contribution is 0.0890. The summed E-state index contributed by atoms with van der Waals surface area (Å²) in [7, 11) is 0. The lowest BCUT2D eigenvalue weighted by atomic mass is 9.92. The van der Waals surface area contributed by atoms with Crippen LogP contribution in [-0.2, 0) is 0 Å². The molecule has 0 radical (unpaired) electrons. The van der Waals surface area contributed by atoms with E-state index in [1.165, 1.54) is 44.9 Å². The molecule has 0 aromatic carbocycles. The second-order valence-electron chi connectivity index (χ2n) is 5.02. The van der Waals surface area contributed by atoms with Crippen molar-refractivity contribution in [2.45, 2.75) is 63.5 Å². The number of nitrogens with one attached hydrogen (secondary N) is 1. The number of hydrogen-bond acceptors (Lipinski definition) is 2. The quantitative estimate of drug-likeness (QED) is 0.726. The average Bonchev–Trinajstić information content (AvgIpc) is 2.69. The smallest absolute Gasteiger partial charge is 0.0693 e. The van der Waals surface area contributed by atoms with Crippen molar-refractivity contribution in [3.8, 4) is 0 Å². The van der Waals surface area contributed by atoms with Gasteiger partial charge in [0.1, 0.15) is 0 Å². The highest BCUT2D eigenvalue weighted by atomic mass is 16.3. The van der Waals surface area contributed by atoms with Crippen LogP contribution in [0.1, 0.15) is 51.4 Å². The average molecular weight is 197 g/mol. The maximum absolute atomic E-state index is 9.78. The van der Waals surface area contributed by atoms with Crippen LogP contribution in [0.2, 0.25) is 0 Å². The Hall–Kier alpha value is -0.0800. The molecule has 0 aromatic heterocycles. The van der Waals surface area contributed by atoms with Gasteiger partial charge in [-0.15, -0.1) is 0 Å². The third-order valence-electron chi connectivity index (χ3n) is 3.87. The van der Waals surface area contributed by atoms with Crippen molar-refractivity contribution in [3.63, 3.8) is 0 Å². The van der Waals surface area contributed by atoms with Crippen LogP contribution < -0.4 is 5.32 Å². The fraction of sp³-hybridized carbons (Fsp3) is 1.00. The Labute approximate surface area is 87.1 Å². The molecule has 82 valence electrons. The molecule has 14 heavy (non-hydrogen) atoms. The van der Waals surface area contributed by atoms with E-state index < -0.39 is 0 Å². The van der Waals surface area contributed by atoms with Gasteiger partial charge >= 0.3 is 0 Å². The molecule has 0 aromatic rings. The van der Waals surface area contributed by atoms with Crippen LogP contribution in [0.5, 0.6) is 0 Å². The topological polar surface area (TPSA) is 32.3 Å². The van der Waals surface area contributed by atoms with Gasteiger partial charge in [-0.05, 0) is 38.1 Å². The lowest BCUT2D eigenvalue weighted by Crippen LogP contribution is -2.43. The Bertz CT molecular complexity index is 166. The Morgan fingerprint density at radius 1 is 0.929 bits per heavy atom. The minimum atomic E-state index is -0.0786. The molecule has 0 unspecified atom stereocenters. The molecule has 2 aliphatic rings. The summed E-state index contributed by atoms with van der Waals surface area (Å²) in [5.74, 6) is 0.893. The fourth-order valence-corrected chi connectivity index (χ4v) is 2.88. The van der Waals surface area contributed by atoms with Crippen LogP contribution in [0.3, 0.4) is 0 Å². The molecule has 2 heteroatoms. The van der Waals surface area contributed by atoms with E-state index in [9.17, 15) is 5.11 Å². The maximum atomic E-state index is 9.78. The third kappa shape index (κ3) is 2.71. The summed E-state index contributed by atoms with van der Waals surface area (Å²) in [5, 5.41) is 13.3. The van der Waals surface area contributed by atoms with Crippen LogP contribution in [0.4, 0.5) is 0 Å². The van der Waals surface area contributed by atoms with Gasteiger partial charge < -0.3 is 10.4 Å². The molecule has 0 bridgehead atoms. The molecule has 2 N–H and O–H groups in total. The van der Waals surface area contributed by atoms with Crippen molar-refractivity contribution in [1.82, 2.24) is 5.32 Å². The van der Waals surface area contributed by atoms with E-state index in [1.54, 1.807) is 0 Å². The molecule has 2 fully saturated rings. The summed E-state index contributed by atoms with van der Waals surface area (Å²) in [5.41, 5.74) is 0. The van der Waals surface area contributed by atoms with Crippen molar-refractivity contribution in [2.24, 2.45) is 5.92 Å². The van der Waals surface area contributed by atoms with Gasteiger partial charge in [-0.2, -0.15) is 0 Å². The first kappa shape index (κ1) is 10.4. The zero-order valence-corrected chi connectivity index (χ0v) is 9.04. The largest absolute Gasteiger partial charge is 0.392 e. The molecule has 0 heterocycles. The number of aliphatic hydroxyl groups excluding tert-OH is 1. The van der Waals surface area contributed by atoms with Crippen LogP contribution in [0.25, 0.3) is 0 Å². The van der Waals surface area contributed by atoms with Crippen molar-refractivity contribution in [3.05, 3.63) is 0 Å². The molecule has 2 rings (SSSR count). The van der Waals surface area contributed by atoms with Gasteiger partial charge in [0.15, 0.2) is 0 Å². The molecule has 2 atom stereocenters. The molecular formula is C12H23NO. The van der Waals surface area contributed by atoms with Crippen molar-refractivity contribution >= 4 is 0 Å². The summed E-state index contributed by atoms with van der Waals surface area (Å²) in [6.07, 6.45) is 10.2. The first-order chi connectivity index (χ1) is 6.86. The second kappa shape index (κ2) is 5.13. The van der Waals surface area contributed by atoms with Gasteiger partial charge in [0, 0.05) is 6.04 Å². The zero-order valence-electron chi connectivity index (χ0n) is 9.04. The lowest BCUT2D eigenvalue weighted by Gasteiger charge is -2.29. The van der Waals surface area contributed by atoms with E-state index >= 15 is 0 Å². The zero-order chi connectivity index (χ0) is 9.80. The van der Waals surface area contributed by atoms with E-state index in [0.29, 0.717) is 6.04 Å². The number of hydrogen-bond donors (Lipinski definition) is 2. The Morgan fingerprint density at radius 3 is 2.29 bits per heavy atom. The standard InChI is InChI=1S/C12H23NO/c14-12-8-4-3-7-11(12)13-9-10-5-1-2-6-10/h10-14H,1-9H2/t11-,12-/m0/s1. The second-order valence-corrected chi connectivity index (χ2v) is 5.02. The first-order valence-electron chi connectivity index (χ1n) is 6.28. The number of aliphatic hydroxyl groups is 1. The van der Waals surface area contributed by atoms with E-state index in [2.05, 4.69) is 5.32 Å². The molecule has 2 aliphatic carbocycles. The normalized spacial score (nSPS) is 34.9. The molecule has 0 spiro atoms. The van der Waals surface area contributed by atoms with Crippen LogP contribution >= 0.6 is 0 Å². The predicted molar refractivity (Wildman–Crippen MR) is 58.2 cm³/mol. The fourth-order valence-electron chi connectivity index (χ4n) is 2.88. The highest BCUT2D eigenvalue weighted by molar-refractivity contribution is 4.82. The van der Waals surface area contributed by atoms with Crippen LogP contribution in [-0.4, -0.2) is 23.8 Å². The summed E-state index contributed by atoms with van der Waals surface area (Å²) >= 11 is 0. The van der Waals surface area contributed by atoms with Crippen molar-refractivity contribution in [1.29, 1.82) is 0 Å². The molecule has 0 aliphatic heterocycles. The highest BCUT2D eigenvalue weighted by Crippen LogP contribution is 2.25. The van der Waals surface area contributed by atoms with E-state index in [0.717, 1.165) is 18.9 Å². The van der Waals surface area contributed by atoms with E-state index in [-0.39, 0.29) is 6.10 Å². The molecule has 0 amide bonds. The number of rotatable bonds is 3. The third-order valence-corrected chi connectivity index (χ3v) is 3.87. The molecule has 0 saturated heterocycles. The monoisotopic (exact) mass is 197 g/mol. The first-order valence-corrected chi connectivity index (χ1v) is 6.28. The van der Waals surface area contributed by atoms with Gasteiger partial charge in [0.05, 0.1) is 6.10 Å². The Morgan fingerprint density at radius 2 is 1.57 bits per heavy atom.